The number of aromatic carboxylic acids is 1. The van der Waals surface area contributed by atoms with Crippen molar-refractivity contribution in [3.63, 3.8) is 0 Å². The number of aromatic nitrogens is 2. The van der Waals surface area contributed by atoms with Crippen LogP contribution in [0.15, 0.2) is 24.4 Å². The second kappa shape index (κ2) is 4.89. The van der Waals surface area contributed by atoms with Gasteiger partial charge in [0.25, 0.3) is 5.91 Å². The summed E-state index contributed by atoms with van der Waals surface area (Å²) in [7, 11) is 0. The molecule has 0 aliphatic rings. The summed E-state index contributed by atoms with van der Waals surface area (Å²) in [6.07, 6.45) is 1.22. The van der Waals surface area contributed by atoms with Crippen LogP contribution < -0.4 is 5.32 Å². The van der Waals surface area contributed by atoms with Crippen molar-refractivity contribution in [2.75, 3.05) is 5.32 Å². The minimum atomic E-state index is -1.21. The molecule has 0 atom stereocenters. The number of pyridine rings is 1. The van der Waals surface area contributed by atoms with E-state index in [1.54, 1.807) is 6.92 Å². The van der Waals surface area contributed by atoms with E-state index in [1.165, 1.54) is 24.4 Å². The van der Waals surface area contributed by atoms with Gasteiger partial charge in [-0.1, -0.05) is 0 Å². The van der Waals surface area contributed by atoms with Gasteiger partial charge in [-0.2, -0.15) is 4.39 Å². The molecular weight excluding hydrogens is 253 g/mol. The molecule has 3 N–H and O–H groups in total. The molecule has 2 heterocycles. The predicted octanol–water partition coefficient (Wildman–Crippen LogP) is 1.81. The number of hydrogen-bond donors (Lipinski definition) is 3. The Kier molecular flexibility index (Phi) is 3.28. The molecular formula is C12H10FN3O3. The molecule has 0 saturated carbocycles. The molecule has 2 rings (SSSR count). The number of nitrogens with one attached hydrogen (secondary N) is 2. The first-order chi connectivity index (χ1) is 8.99. The first kappa shape index (κ1) is 12.7. The Labute approximate surface area is 107 Å². The highest BCUT2D eigenvalue weighted by molar-refractivity contribution is 6.07. The normalized spacial score (nSPS) is 10.2. The van der Waals surface area contributed by atoms with E-state index in [0.29, 0.717) is 5.69 Å². The van der Waals surface area contributed by atoms with E-state index in [1.807, 2.05) is 0 Å². The third-order valence-electron chi connectivity index (χ3n) is 2.42. The number of nitrogens with zero attached hydrogens (tertiary/aromatic N) is 1. The summed E-state index contributed by atoms with van der Waals surface area (Å²) in [5.41, 5.74) is 0.241. The molecule has 19 heavy (non-hydrogen) atoms. The van der Waals surface area contributed by atoms with Gasteiger partial charge in [0.05, 0.1) is 11.3 Å². The highest BCUT2D eigenvalue weighted by Crippen LogP contribution is 2.18. The monoisotopic (exact) mass is 263 g/mol. The van der Waals surface area contributed by atoms with Crippen molar-refractivity contribution >= 4 is 17.6 Å². The average molecular weight is 263 g/mol. The fourth-order valence-electron chi connectivity index (χ4n) is 1.60. The van der Waals surface area contributed by atoms with Crippen molar-refractivity contribution in [1.29, 1.82) is 0 Å². The molecule has 0 fully saturated rings. The van der Waals surface area contributed by atoms with Crippen LogP contribution in [0, 0.1) is 12.9 Å². The number of hydrogen-bond acceptors (Lipinski definition) is 3. The van der Waals surface area contributed by atoms with Gasteiger partial charge in [-0.15, -0.1) is 0 Å². The molecule has 6 nitrogen and oxygen atoms in total. The molecule has 0 unspecified atom stereocenters. The Morgan fingerprint density at radius 1 is 1.47 bits per heavy atom. The largest absolute Gasteiger partial charge is 0.477 e. The van der Waals surface area contributed by atoms with Gasteiger partial charge in [0.2, 0.25) is 5.95 Å². The van der Waals surface area contributed by atoms with Gasteiger partial charge < -0.3 is 15.4 Å². The number of anilines is 1. The first-order valence-electron chi connectivity index (χ1n) is 5.34. The zero-order valence-corrected chi connectivity index (χ0v) is 9.90. The van der Waals surface area contributed by atoms with Crippen molar-refractivity contribution in [2.45, 2.75) is 6.92 Å². The van der Waals surface area contributed by atoms with Gasteiger partial charge in [-0.05, 0) is 25.1 Å². The average Bonchev–Trinajstić information content (AvgIpc) is 2.70. The molecule has 1 amide bonds. The quantitative estimate of drug-likeness (QED) is 0.736. The second-order valence-electron chi connectivity index (χ2n) is 3.84. The van der Waals surface area contributed by atoms with E-state index < -0.39 is 17.8 Å². The lowest BCUT2D eigenvalue weighted by Crippen LogP contribution is -2.16. The molecule has 2 aromatic rings. The summed E-state index contributed by atoms with van der Waals surface area (Å²) in [6.45, 7) is 1.65. The number of carboxylic acid groups (broad SMARTS) is 1. The maximum absolute atomic E-state index is 13.3. The first-order valence-corrected chi connectivity index (χ1v) is 5.34. The van der Waals surface area contributed by atoms with Crippen molar-refractivity contribution in [3.05, 3.63) is 47.3 Å². The molecule has 0 bridgehead atoms. The molecule has 2 aromatic heterocycles. The Balaban J connectivity index is 2.29. The Hall–Kier alpha value is -2.70. The molecule has 0 aliphatic heterocycles. The lowest BCUT2D eigenvalue weighted by molar-refractivity contribution is 0.0692. The zero-order valence-electron chi connectivity index (χ0n) is 9.90. The number of aromatic amines is 1. The maximum atomic E-state index is 13.3. The van der Waals surface area contributed by atoms with Crippen LogP contribution in [0.4, 0.5) is 10.1 Å². The standard InChI is InChI=1S/C12H10FN3O3/c1-6-5-8(9(15-6)12(18)19)16-11(17)7-3-2-4-14-10(7)13/h2-5,15H,1H3,(H,16,17)(H,18,19). The van der Waals surface area contributed by atoms with E-state index in [9.17, 15) is 14.0 Å². The Morgan fingerprint density at radius 2 is 2.21 bits per heavy atom. The highest BCUT2D eigenvalue weighted by atomic mass is 19.1. The molecule has 98 valence electrons. The number of H-pyrrole nitrogens is 1. The number of carbonyl (C=O) groups excluding carboxylic acids is 1. The number of carboxylic acids is 1. The molecule has 0 spiro atoms. The summed E-state index contributed by atoms with van der Waals surface area (Å²) in [4.78, 5) is 28.7. The van der Waals surface area contributed by atoms with Gasteiger partial charge in [0.1, 0.15) is 5.69 Å². The highest BCUT2D eigenvalue weighted by Gasteiger charge is 2.18. The maximum Gasteiger partial charge on any atom is 0.354 e. The number of halogens is 1. The number of rotatable bonds is 3. The minimum Gasteiger partial charge on any atom is -0.477 e. The van der Waals surface area contributed by atoms with E-state index in [-0.39, 0.29) is 16.9 Å². The summed E-state index contributed by atoms with van der Waals surface area (Å²) in [6, 6.07) is 4.13. The summed E-state index contributed by atoms with van der Waals surface area (Å²) in [5, 5.41) is 11.3. The predicted molar refractivity (Wildman–Crippen MR) is 64.6 cm³/mol. The van der Waals surface area contributed by atoms with Crippen molar-refractivity contribution < 1.29 is 19.1 Å². The van der Waals surface area contributed by atoms with E-state index in [4.69, 9.17) is 5.11 Å². The lowest BCUT2D eigenvalue weighted by Gasteiger charge is -2.04. The van der Waals surface area contributed by atoms with E-state index >= 15 is 0 Å². The third kappa shape index (κ3) is 2.59. The molecule has 0 aliphatic carbocycles. The van der Waals surface area contributed by atoms with Crippen LogP contribution in [0.1, 0.15) is 26.5 Å². The molecule has 0 saturated heterocycles. The molecule has 0 aromatic carbocycles. The fraction of sp³-hybridized carbons (Fsp3) is 0.0833. The van der Waals surface area contributed by atoms with Crippen LogP contribution >= 0.6 is 0 Å². The van der Waals surface area contributed by atoms with Gasteiger partial charge in [-0.25, -0.2) is 9.78 Å². The Bertz CT molecular complexity index is 651. The van der Waals surface area contributed by atoms with Crippen LogP contribution in [0.5, 0.6) is 0 Å². The van der Waals surface area contributed by atoms with E-state index in [0.717, 1.165) is 0 Å². The second-order valence-corrected chi connectivity index (χ2v) is 3.84. The fourth-order valence-corrected chi connectivity index (χ4v) is 1.60. The summed E-state index contributed by atoms with van der Waals surface area (Å²) in [5.74, 6) is -2.88. The number of carbonyl (C=O) groups is 2. The summed E-state index contributed by atoms with van der Waals surface area (Å²) >= 11 is 0. The zero-order chi connectivity index (χ0) is 14.0. The van der Waals surface area contributed by atoms with Crippen LogP contribution in [0.3, 0.4) is 0 Å². The number of aryl methyl sites for hydroxylation is 1. The SMILES string of the molecule is Cc1cc(NC(=O)c2cccnc2F)c(C(=O)O)[nH]1. The Morgan fingerprint density at radius 3 is 2.84 bits per heavy atom. The van der Waals surface area contributed by atoms with Crippen LogP contribution in [-0.2, 0) is 0 Å². The van der Waals surface area contributed by atoms with Gasteiger partial charge in [-0.3, -0.25) is 4.79 Å². The topological polar surface area (TPSA) is 95.1 Å². The lowest BCUT2D eigenvalue weighted by atomic mass is 10.2. The van der Waals surface area contributed by atoms with Crippen molar-refractivity contribution in [2.24, 2.45) is 0 Å². The van der Waals surface area contributed by atoms with Gasteiger partial charge >= 0.3 is 5.97 Å². The number of amides is 1. The third-order valence-corrected chi connectivity index (χ3v) is 2.42. The minimum absolute atomic E-state index is 0.0817. The molecule has 0 radical (unpaired) electrons. The summed E-state index contributed by atoms with van der Waals surface area (Å²) < 4.78 is 13.3. The molecule has 7 heteroatoms. The van der Waals surface area contributed by atoms with E-state index in [2.05, 4.69) is 15.3 Å². The van der Waals surface area contributed by atoms with Crippen molar-refractivity contribution in [3.8, 4) is 0 Å². The van der Waals surface area contributed by atoms with Crippen LogP contribution in [0.2, 0.25) is 0 Å². The van der Waals surface area contributed by atoms with Crippen LogP contribution in [0.25, 0.3) is 0 Å². The van der Waals surface area contributed by atoms with Gasteiger partial charge in [0.15, 0.2) is 0 Å². The smallest absolute Gasteiger partial charge is 0.354 e. The van der Waals surface area contributed by atoms with Crippen LogP contribution in [-0.4, -0.2) is 27.0 Å². The van der Waals surface area contributed by atoms with Gasteiger partial charge in [0, 0.05) is 11.9 Å². The van der Waals surface area contributed by atoms with Crippen molar-refractivity contribution in [1.82, 2.24) is 9.97 Å².